The quantitative estimate of drug-likeness (QED) is 0.319. The average Bonchev–Trinajstić information content (AvgIpc) is 3.25. The van der Waals surface area contributed by atoms with Crippen LogP contribution in [0, 0.1) is 10.1 Å². The van der Waals surface area contributed by atoms with E-state index < -0.39 is 0 Å². The van der Waals surface area contributed by atoms with Crippen molar-refractivity contribution in [1.29, 1.82) is 0 Å². The van der Waals surface area contributed by atoms with Gasteiger partial charge in [-0.2, -0.15) is 0 Å². The van der Waals surface area contributed by atoms with Crippen molar-refractivity contribution in [2.75, 3.05) is 16.4 Å². The first-order valence-electron chi connectivity index (χ1n) is 9.09. The second-order valence-electron chi connectivity index (χ2n) is 6.55. The average molecular weight is 377 g/mol. The van der Waals surface area contributed by atoms with Crippen LogP contribution in [0.1, 0.15) is 12.8 Å². The molecule has 0 saturated carbocycles. The first-order valence-corrected chi connectivity index (χ1v) is 10.7. The fourth-order valence-electron chi connectivity index (χ4n) is 3.43. The third-order valence-corrected chi connectivity index (χ3v) is 7.29. The first kappa shape index (κ1) is 17.6. The van der Waals surface area contributed by atoms with Crippen LogP contribution in [0.4, 0.5) is 22.7 Å². The molecular weight excluding hydrogens is 356 g/mol. The minimum Gasteiger partial charge on any atom is -0.310 e. The standard InChI is InChI=1S/C22H21N2O2S/c25-24(26)21-10-8-19(9-11-21)23(18-6-2-1-3-7-18)20-12-14-22(15-13-20)27-16-4-5-17-27/h1-3,6-15H,4-5,16-17H2/q+1. The largest absolute Gasteiger partial charge is 0.310 e. The summed E-state index contributed by atoms with van der Waals surface area (Å²) in [6, 6.07) is 25.6. The van der Waals surface area contributed by atoms with Crippen molar-refractivity contribution < 1.29 is 4.92 Å². The highest BCUT2D eigenvalue weighted by Crippen LogP contribution is 2.36. The third kappa shape index (κ3) is 3.83. The second kappa shape index (κ2) is 7.84. The van der Waals surface area contributed by atoms with Gasteiger partial charge in [0.05, 0.1) is 4.92 Å². The van der Waals surface area contributed by atoms with Crippen LogP contribution in [0.3, 0.4) is 0 Å². The van der Waals surface area contributed by atoms with E-state index >= 15 is 0 Å². The maximum absolute atomic E-state index is 11.0. The molecule has 4 rings (SSSR count). The SMILES string of the molecule is O=[N+]([O-])c1ccc(N(c2ccccc2)c2ccc([S+]3CCCC3)cc2)cc1. The molecule has 5 heteroatoms. The van der Waals surface area contributed by atoms with E-state index in [1.807, 2.05) is 30.3 Å². The maximum Gasteiger partial charge on any atom is 0.269 e. The van der Waals surface area contributed by atoms with Crippen LogP contribution in [0.5, 0.6) is 0 Å². The van der Waals surface area contributed by atoms with Crippen molar-refractivity contribution in [3.63, 3.8) is 0 Å². The summed E-state index contributed by atoms with van der Waals surface area (Å²) < 4.78 is 0. The Hall–Kier alpha value is -2.79. The Morgan fingerprint density at radius 3 is 1.81 bits per heavy atom. The van der Waals surface area contributed by atoms with Crippen molar-refractivity contribution in [1.82, 2.24) is 0 Å². The van der Waals surface area contributed by atoms with Crippen LogP contribution < -0.4 is 4.90 Å². The number of para-hydroxylation sites is 1. The van der Waals surface area contributed by atoms with E-state index in [4.69, 9.17) is 0 Å². The Kier molecular flexibility index (Phi) is 5.12. The maximum atomic E-state index is 11.0. The van der Waals surface area contributed by atoms with E-state index in [9.17, 15) is 10.1 Å². The Labute approximate surface area is 162 Å². The van der Waals surface area contributed by atoms with E-state index in [2.05, 4.69) is 29.2 Å². The third-order valence-electron chi connectivity index (χ3n) is 4.79. The zero-order valence-corrected chi connectivity index (χ0v) is 15.8. The summed E-state index contributed by atoms with van der Waals surface area (Å²) in [7, 11) is 0.397. The van der Waals surface area contributed by atoms with Crippen molar-refractivity contribution in [2.24, 2.45) is 0 Å². The Balaban J connectivity index is 1.71. The molecule has 0 aromatic heterocycles. The molecule has 0 unspecified atom stereocenters. The lowest BCUT2D eigenvalue weighted by Crippen LogP contribution is -2.10. The molecular formula is C22H21N2O2S+. The molecule has 1 heterocycles. The topological polar surface area (TPSA) is 46.4 Å². The highest BCUT2D eigenvalue weighted by molar-refractivity contribution is 7.97. The molecule has 0 aliphatic carbocycles. The molecule has 0 N–H and O–H groups in total. The molecule has 0 atom stereocenters. The van der Waals surface area contributed by atoms with E-state index in [0.717, 1.165) is 17.1 Å². The van der Waals surface area contributed by atoms with Crippen molar-refractivity contribution in [2.45, 2.75) is 17.7 Å². The van der Waals surface area contributed by atoms with Crippen LogP contribution >= 0.6 is 0 Å². The van der Waals surface area contributed by atoms with Gasteiger partial charge < -0.3 is 4.90 Å². The van der Waals surface area contributed by atoms with Gasteiger partial charge in [-0.3, -0.25) is 10.1 Å². The molecule has 1 saturated heterocycles. The lowest BCUT2D eigenvalue weighted by atomic mass is 10.2. The summed E-state index contributed by atoms with van der Waals surface area (Å²) in [5.74, 6) is 2.62. The summed E-state index contributed by atoms with van der Waals surface area (Å²) in [4.78, 5) is 14.2. The smallest absolute Gasteiger partial charge is 0.269 e. The molecule has 1 aliphatic heterocycles. The number of benzene rings is 3. The lowest BCUT2D eigenvalue weighted by molar-refractivity contribution is -0.384. The van der Waals surface area contributed by atoms with Gasteiger partial charge in [0, 0.05) is 40.1 Å². The number of nitrogens with zero attached hydrogens (tertiary/aromatic N) is 2. The van der Waals surface area contributed by atoms with E-state index in [1.54, 1.807) is 24.3 Å². The van der Waals surface area contributed by atoms with Crippen LogP contribution in [0.25, 0.3) is 0 Å². The first-order chi connectivity index (χ1) is 13.2. The Morgan fingerprint density at radius 2 is 1.26 bits per heavy atom. The zero-order valence-electron chi connectivity index (χ0n) is 15.0. The molecule has 1 fully saturated rings. The number of nitro groups is 1. The molecule has 3 aromatic rings. The summed E-state index contributed by atoms with van der Waals surface area (Å²) in [5.41, 5.74) is 3.09. The zero-order chi connectivity index (χ0) is 18.6. The normalized spacial score (nSPS) is 14.2. The highest BCUT2D eigenvalue weighted by atomic mass is 32.2. The van der Waals surface area contributed by atoms with Crippen LogP contribution in [-0.4, -0.2) is 16.4 Å². The lowest BCUT2D eigenvalue weighted by Gasteiger charge is -2.25. The van der Waals surface area contributed by atoms with Gasteiger partial charge in [0.1, 0.15) is 11.5 Å². The minimum absolute atomic E-state index is 0.101. The van der Waals surface area contributed by atoms with E-state index in [0.29, 0.717) is 10.9 Å². The second-order valence-corrected chi connectivity index (χ2v) is 8.82. The van der Waals surface area contributed by atoms with Gasteiger partial charge >= 0.3 is 0 Å². The van der Waals surface area contributed by atoms with Gasteiger partial charge in [-0.25, -0.2) is 0 Å². The van der Waals surface area contributed by atoms with Gasteiger partial charge in [-0.15, -0.1) is 0 Å². The predicted molar refractivity (Wildman–Crippen MR) is 112 cm³/mol. The van der Waals surface area contributed by atoms with E-state index in [1.165, 1.54) is 29.2 Å². The molecule has 0 radical (unpaired) electrons. The number of nitro benzene ring substituents is 1. The minimum atomic E-state index is -0.367. The van der Waals surface area contributed by atoms with Gasteiger partial charge in [0.25, 0.3) is 5.69 Å². The van der Waals surface area contributed by atoms with Gasteiger partial charge in [-0.1, -0.05) is 18.2 Å². The van der Waals surface area contributed by atoms with Crippen LogP contribution in [0.15, 0.2) is 83.8 Å². The molecule has 4 nitrogen and oxygen atoms in total. The number of hydrogen-bond donors (Lipinski definition) is 0. The molecule has 0 bridgehead atoms. The number of hydrogen-bond acceptors (Lipinski definition) is 3. The van der Waals surface area contributed by atoms with Crippen molar-refractivity contribution in [3.05, 3.63) is 89.0 Å². The van der Waals surface area contributed by atoms with Gasteiger partial charge in [-0.05, 0) is 61.4 Å². The summed E-state index contributed by atoms with van der Waals surface area (Å²) in [6.45, 7) is 0. The fraction of sp³-hybridized carbons (Fsp3) is 0.182. The summed E-state index contributed by atoms with van der Waals surface area (Å²) in [5, 5.41) is 11.0. The number of non-ortho nitro benzene ring substituents is 1. The van der Waals surface area contributed by atoms with Crippen LogP contribution in [-0.2, 0) is 10.9 Å². The molecule has 0 spiro atoms. The van der Waals surface area contributed by atoms with E-state index in [-0.39, 0.29) is 10.6 Å². The number of rotatable bonds is 5. The van der Waals surface area contributed by atoms with Crippen LogP contribution in [0.2, 0.25) is 0 Å². The van der Waals surface area contributed by atoms with Crippen molar-refractivity contribution in [3.8, 4) is 0 Å². The Bertz CT molecular complexity index is 905. The molecule has 3 aromatic carbocycles. The highest BCUT2D eigenvalue weighted by Gasteiger charge is 2.26. The molecule has 136 valence electrons. The molecule has 0 amide bonds. The Morgan fingerprint density at radius 1 is 0.741 bits per heavy atom. The van der Waals surface area contributed by atoms with Crippen molar-refractivity contribution >= 4 is 33.6 Å². The summed E-state index contributed by atoms with van der Waals surface area (Å²) >= 11 is 0. The molecule has 1 aliphatic rings. The molecule has 27 heavy (non-hydrogen) atoms. The summed E-state index contributed by atoms with van der Waals surface area (Å²) in [6.07, 6.45) is 2.67. The predicted octanol–water partition coefficient (Wildman–Crippen LogP) is 5.84. The monoisotopic (exact) mass is 377 g/mol. The fourth-order valence-corrected chi connectivity index (χ4v) is 5.73. The number of anilines is 3. The van der Waals surface area contributed by atoms with Gasteiger partial charge in [0.2, 0.25) is 0 Å². The van der Waals surface area contributed by atoms with Gasteiger partial charge in [0.15, 0.2) is 4.90 Å².